The van der Waals surface area contributed by atoms with Gasteiger partial charge in [0.2, 0.25) is 5.91 Å². The fraction of sp³-hybridized carbons (Fsp3) is 0.553. The lowest BCUT2D eigenvalue weighted by Crippen LogP contribution is -2.51. The van der Waals surface area contributed by atoms with Crippen LogP contribution >= 0.6 is 0 Å². The largest absolute Gasteiger partial charge is 0.508 e. The van der Waals surface area contributed by atoms with E-state index in [1.54, 1.807) is 0 Å². The van der Waals surface area contributed by atoms with Gasteiger partial charge in [0, 0.05) is 12.1 Å². The van der Waals surface area contributed by atoms with Crippen molar-refractivity contribution in [3.63, 3.8) is 0 Å². The van der Waals surface area contributed by atoms with Gasteiger partial charge in [-0.3, -0.25) is 4.79 Å². The van der Waals surface area contributed by atoms with Gasteiger partial charge in [-0.15, -0.1) is 0 Å². The van der Waals surface area contributed by atoms with Crippen LogP contribution in [0.4, 0.5) is 4.79 Å². The molecule has 2 bridgehead atoms. The van der Waals surface area contributed by atoms with E-state index in [4.69, 9.17) is 9.72 Å². The monoisotopic (exact) mass is 622 g/mol. The highest BCUT2D eigenvalue weighted by Gasteiger charge is 2.44. The molecule has 242 valence electrons. The summed E-state index contributed by atoms with van der Waals surface area (Å²) in [5.41, 5.74) is 10.8. The average molecular weight is 623 g/mol. The number of phenolic OH excluding ortho intramolecular Hbond substituents is 1. The van der Waals surface area contributed by atoms with Crippen LogP contribution in [0.2, 0.25) is 0 Å². The van der Waals surface area contributed by atoms with Crippen molar-refractivity contribution < 1.29 is 19.4 Å². The maximum absolute atomic E-state index is 13.7. The van der Waals surface area contributed by atoms with Crippen LogP contribution in [0.25, 0.3) is 22.4 Å². The number of carbonyl (C=O) groups excluding carboxylic acids is 2. The minimum absolute atomic E-state index is 0.0740. The van der Waals surface area contributed by atoms with Crippen molar-refractivity contribution in [2.45, 2.75) is 108 Å². The molecule has 8 rings (SSSR count). The zero-order valence-corrected chi connectivity index (χ0v) is 27.3. The van der Waals surface area contributed by atoms with E-state index in [-0.39, 0.29) is 17.9 Å². The molecule has 3 N–H and O–H groups in total. The Morgan fingerprint density at radius 3 is 2.41 bits per heavy atom. The predicted octanol–water partition coefficient (Wildman–Crippen LogP) is 7.52. The maximum atomic E-state index is 13.7. The highest BCUT2D eigenvalue weighted by Crippen LogP contribution is 2.60. The summed E-state index contributed by atoms with van der Waals surface area (Å²) in [5, 5.41) is 13.7. The van der Waals surface area contributed by atoms with Gasteiger partial charge in [0.25, 0.3) is 0 Å². The number of carbonyl (C=O) groups is 2. The Labute approximate surface area is 271 Å². The van der Waals surface area contributed by atoms with Crippen LogP contribution in [-0.4, -0.2) is 51.7 Å². The van der Waals surface area contributed by atoms with E-state index in [2.05, 4.69) is 28.5 Å². The number of nitrogens with one attached hydrogen (secondary N) is 2. The minimum atomic E-state index is -0.654. The Morgan fingerprint density at radius 1 is 0.978 bits per heavy atom. The summed E-state index contributed by atoms with van der Waals surface area (Å²) in [6.45, 7) is 4.51. The number of alkyl carbamates (subject to hydrolysis) is 1. The molecule has 46 heavy (non-hydrogen) atoms. The van der Waals surface area contributed by atoms with Gasteiger partial charge in [-0.2, -0.15) is 0 Å². The third kappa shape index (κ3) is 4.65. The molecule has 2 aromatic carbocycles. The molecule has 3 fully saturated rings. The van der Waals surface area contributed by atoms with Crippen molar-refractivity contribution in [3.8, 4) is 28.1 Å². The smallest absolute Gasteiger partial charge is 0.407 e. The first-order chi connectivity index (χ1) is 22.3. The second kappa shape index (κ2) is 11.2. The molecule has 8 nitrogen and oxygen atoms in total. The minimum Gasteiger partial charge on any atom is -0.508 e. The first kappa shape index (κ1) is 29.6. The van der Waals surface area contributed by atoms with Crippen molar-refractivity contribution >= 4 is 12.0 Å². The molecule has 2 saturated carbocycles. The molecule has 0 radical (unpaired) electrons. The van der Waals surface area contributed by atoms with Crippen LogP contribution < -0.4 is 5.32 Å². The summed E-state index contributed by atoms with van der Waals surface area (Å²) in [6.07, 6.45) is 14.0. The van der Waals surface area contributed by atoms with Gasteiger partial charge in [-0.05, 0) is 120 Å². The van der Waals surface area contributed by atoms with Gasteiger partial charge >= 0.3 is 6.09 Å². The van der Waals surface area contributed by atoms with E-state index in [0.717, 1.165) is 37.2 Å². The molecular weight excluding hydrogens is 576 g/mol. The number of phenols is 1. The Kier molecular flexibility index (Phi) is 7.18. The number of fused-ring (bicyclic) bond motifs is 6. The third-order valence-corrected chi connectivity index (χ3v) is 12.1. The molecule has 1 aromatic heterocycles. The number of imidazole rings is 1. The van der Waals surface area contributed by atoms with Crippen LogP contribution in [0, 0.1) is 11.3 Å². The van der Waals surface area contributed by atoms with Crippen LogP contribution in [0.15, 0.2) is 30.5 Å². The summed E-state index contributed by atoms with van der Waals surface area (Å²) in [6, 6.07) is 7.93. The fourth-order valence-corrected chi connectivity index (χ4v) is 9.95. The normalized spacial score (nSPS) is 24.5. The van der Waals surface area contributed by atoms with E-state index in [9.17, 15) is 14.7 Å². The molecule has 5 aliphatic rings. The third-order valence-electron chi connectivity index (χ3n) is 12.1. The molecule has 2 amide bonds. The molecule has 1 saturated heterocycles. The predicted molar refractivity (Wildman–Crippen MR) is 177 cm³/mol. The average Bonchev–Trinajstić information content (AvgIpc) is 3.90. The molecule has 4 aliphatic carbocycles. The second-order valence-electron chi connectivity index (χ2n) is 15.1. The van der Waals surface area contributed by atoms with Gasteiger partial charge in [0.15, 0.2) is 0 Å². The zero-order chi connectivity index (χ0) is 31.7. The van der Waals surface area contributed by atoms with Crippen molar-refractivity contribution in [1.29, 1.82) is 0 Å². The van der Waals surface area contributed by atoms with Gasteiger partial charge in [0.05, 0.1) is 25.0 Å². The first-order valence-corrected chi connectivity index (χ1v) is 17.5. The molecule has 1 aliphatic heterocycles. The summed E-state index contributed by atoms with van der Waals surface area (Å²) >= 11 is 0. The maximum Gasteiger partial charge on any atom is 0.407 e. The van der Waals surface area contributed by atoms with E-state index in [0.29, 0.717) is 29.5 Å². The number of methoxy groups -OCH3 is 1. The van der Waals surface area contributed by atoms with Crippen LogP contribution in [0.5, 0.6) is 5.75 Å². The standard InChI is InChI=1S/C38H46N4O4/c1-21(2)34(41-37(45)46-3)36(44)42-16-6-7-30(42)35-39-20-29(40-35)26-11-10-25(32-22-8-9-23(17-22)33(26)32)24-12-13-31(43)28-19-38(18-27(24)28)14-4-5-15-38/h10-13,20-23,30,34,43H,4-9,14-19H2,1-3H3,(H,39,40)(H,41,45)/t22?,23?,30-,34-/m0/s1. The van der Waals surface area contributed by atoms with Crippen LogP contribution in [-0.2, 0) is 22.4 Å². The molecule has 2 unspecified atom stereocenters. The number of amides is 2. The van der Waals surface area contributed by atoms with E-state index >= 15 is 0 Å². The first-order valence-electron chi connectivity index (χ1n) is 17.5. The number of hydrogen-bond acceptors (Lipinski definition) is 5. The zero-order valence-electron chi connectivity index (χ0n) is 27.3. The van der Waals surface area contributed by atoms with Gasteiger partial charge in [-0.25, -0.2) is 9.78 Å². The van der Waals surface area contributed by atoms with E-state index in [1.165, 1.54) is 91.0 Å². The lowest BCUT2D eigenvalue weighted by atomic mass is 9.80. The summed E-state index contributed by atoms with van der Waals surface area (Å²) < 4.78 is 4.80. The second-order valence-corrected chi connectivity index (χ2v) is 15.1. The Morgan fingerprint density at radius 2 is 1.67 bits per heavy atom. The van der Waals surface area contributed by atoms with Crippen molar-refractivity contribution in [3.05, 3.63) is 58.5 Å². The number of likely N-dealkylation sites (tertiary alicyclic amines) is 1. The Bertz CT molecular complexity index is 1700. The molecule has 4 atom stereocenters. The number of aromatic nitrogens is 2. The van der Waals surface area contributed by atoms with Crippen molar-refractivity contribution in [1.82, 2.24) is 20.2 Å². The Hall–Kier alpha value is -3.81. The summed E-state index contributed by atoms with van der Waals surface area (Å²) in [4.78, 5) is 36.1. The molecule has 8 heteroatoms. The number of nitrogens with zero attached hydrogens (tertiary/aromatic N) is 2. The highest BCUT2D eigenvalue weighted by molar-refractivity contribution is 5.86. The molecular formula is C38H46N4O4. The van der Waals surface area contributed by atoms with Crippen LogP contribution in [0.3, 0.4) is 0 Å². The number of hydrogen-bond donors (Lipinski definition) is 3. The quantitative estimate of drug-likeness (QED) is 0.264. The number of ether oxygens (including phenoxy) is 1. The Balaban J connectivity index is 1.13. The van der Waals surface area contributed by atoms with Crippen LogP contribution in [0.1, 0.15) is 118 Å². The van der Waals surface area contributed by atoms with E-state index < -0.39 is 12.1 Å². The fourth-order valence-electron chi connectivity index (χ4n) is 9.95. The lowest BCUT2D eigenvalue weighted by Gasteiger charge is -2.30. The molecule has 2 heterocycles. The topological polar surface area (TPSA) is 108 Å². The summed E-state index contributed by atoms with van der Waals surface area (Å²) in [7, 11) is 1.32. The summed E-state index contributed by atoms with van der Waals surface area (Å²) in [5.74, 6) is 2.23. The van der Waals surface area contributed by atoms with Gasteiger partial charge in [0.1, 0.15) is 17.6 Å². The van der Waals surface area contributed by atoms with Gasteiger partial charge in [-0.1, -0.05) is 44.9 Å². The van der Waals surface area contributed by atoms with Crippen molar-refractivity contribution in [2.75, 3.05) is 13.7 Å². The molecule has 1 spiro atoms. The number of rotatable bonds is 6. The van der Waals surface area contributed by atoms with E-state index in [1.807, 2.05) is 31.0 Å². The number of H-pyrrole nitrogens is 1. The molecule has 3 aromatic rings. The number of benzene rings is 2. The van der Waals surface area contributed by atoms with Crippen molar-refractivity contribution in [2.24, 2.45) is 11.3 Å². The number of aromatic hydroxyl groups is 1. The SMILES string of the molecule is COC(=O)N[C@H](C(=O)N1CCC[C@H]1c1ncc(-c2ccc(-c3ccc(O)c4c3CC3(CCCC3)C4)c3c2C2CCC3C2)[nH]1)C(C)C. The number of aromatic amines is 1. The lowest BCUT2D eigenvalue weighted by molar-refractivity contribution is -0.135. The highest BCUT2D eigenvalue weighted by atomic mass is 16.5. The van der Waals surface area contributed by atoms with Gasteiger partial charge < -0.3 is 25.0 Å².